The molecule has 0 spiro atoms. The van der Waals surface area contributed by atoms with Crippen LogP contribution in [-0.2, 0) is 14.8 Å². The first-order valence-electron chi connectivity index (χ1n) is 5.71. The Balaban J connectivity index is 2.71. The maximum absolute atomic E-state index is 11.9. The molecular weight excluding hydrogens is 228 g/mol. The van der Waals surface area contributed by atoms with Gasteiger partial charge in [0, 0.05) is 6.54 Å². The molecule has 1 aliphatic rings. The van der Waals surface area contributed by atoms with E-state index in [1.807, 2.05) is 0 Å². The van der Waals surface area contributed by atoms with Crippen molar-refractivity contribution in [3.63, 3.8) is 0 Å². The molecule has 0 heterocycles. The van der Waals surface area contributed by atoms with E-state index < -0.39 is 21.3 Å². The zero-order valence-electron chi connectivity index (χ0n) is 9.66. The van der Waals surface area contributed by atoms with Crippen LogP contribution in [0, 0.1) is 5.41 Å². The summed E-state index contributed by atoms with van der Waals surface area (Å²) in [6, 6.07) is 0. The lowest BCUT2D eigenvalue weighted by molar-refractivity contribution is -0.128. The minimum Gasteiger partial charge on any atom is -0.329 e. The van der Waals surface area contributed by atoms with Gasteiger partial charge >= 0.3 is 0 Å². The van der Waals surface area contributed by atoms with E-state index in [0.717, 1.165) is 12.8 Å². The molecule has 0 aliphatic heterocycles. The Labute approximate surface area is 96.8 Å². The topological polar surface area (TPSA) is 89.3 Å². The van der Waals surface area contributed by atoms with Crippen molar-refractivity contribution < 1.29 is 13.2 Å². The fraction of sp³-hybridized carbons (Fsp3) is 0.900. The van der Waals surface area contributed by atoms with E-state index in [0.29, 0.717) is 19.3 Å². The third-order valence-electron chi connectivity index (χ3n) is 3.15. The molecule has 0 aromatic rings. The van der Waals surface area contributed by atoms with Crippen LogP contribution in [0.15, 0.2) is 0 Å². The van der Waals surface area contributed by atoms with Crippen LogP contribution in [0.2, 0.25) is 0 Å². The maximum atomic E-state index is 11.9. The number of amides is 1. The number of hydrogen-bond donors (Lipinski definition) is 2. The molecule has 1 rings (SSSR count). The Morgan fingerprint density at radius 2 is 1.94 bits per heavy atom. The molecule has 0 radical (unpaired) electrons. The summed E-state index contributed by atoms with van der Waals surface area (Å²) in [6.07, 6.45) is 3.77. The number of rotatable bonds is 5. The summed E-state index contributed by atoms with van der Waals surface area (Å²) >= 11 is 0. The lowest BCUT2D eigenvalue weighted by Gasteiger charge is -2.25. The molecule has 0 aromatic heterocycles. The molecular formula is C10H20N2O3S. The van der Waals surface area contributed by atoms with Gasteiger partial charge in [0.1, 0.15) is 0 Å². The van der Waals surface area contributed by atoms with Gasteiger partial charge in [0.2, 0.25) is 15.9 Å². The second kappa shape index (κ2) is 5.14. The summed E-state index contributed by atoms with van der Waals surface area (Å²) in [4.78, 5) is 11.9. The molecule has 16 heavy (non-hydrogen) atoms. The lowest BCUT2D eigenvalue weighted by Crippen LogP contribution is -2.46. The average molecular weight is 248 g/mol. The zero-order chi connectivity index (χ0) is 12.2. The van der Waals surface area contributed by atoms with Gasteiger partial charge in [0.25, 0.3) is 0 Å². The van der Waals surface area contributed by atoms with E-state index >= 15 is 0 Å². The monoisotopic (exact) mass is 248 g/mol. The fourth-order valence-corrected chi connectivity index (χ4v) is 3.28. The van der Waals surface area contributed by atoms with E-state index in [4.69, 9.17) is 5.73 Å². The Morgan fingerprint density at radius 1 is 1.38 bits per heavy atom. The number of nitrogens with two attached hydrogens (primary N) is 1. The quantitative estimate of drug-likeness (QED) is 0.735. The highest BCUT2D eigenvalue weighted by molar-refractivity contribution is 7.90. The second-order valence-corrected chi connectivity index (χ2v) is 6.28. The van der Waals surface area contributed by atoms with Crippen LogP contribution in [0.25, 0.3) is 0 Å². The third kappa shape index (κ3) is 2.95. The molecule has 6 heteroatoms. The molecule has 1 amide bonds. The van der Waals surface area contributed by atoms with Gasteiger partial charge < -0.3 is 5.73 Å². The SMILES string of the molecule is CCCS(=O)(=O)NC(=O)C1(CN)CCCC1. The molecule has 1 aliphatic carbocycles. The minimum absolute atomic E-state index is 0.0145. The summed E-state index contributed by atoms with van der Waals surface area (Å²) < 4.78 is 25.1. The van der Waals surface area contributed by atoms with Crippen LogP contribution in [0.1, 0.15) is 39.0 Å². The second-order valence-electron chi connectivity index (χ2n) is 4.44. The molecule has 0 aromatic carbocycles. The molecule has 0 bridgehead atoms. The average Bonchev–Trinajstić information content (AvgIpc) is 2.66. The van der Waals surface area contributed by atoms with Crippen molar-refractivity contribution in [2.45, 2.75) is 39.0 Å². The molecule has 1 fully saturated rings. The highest BCUT2D eigenvalue weighted by atomic mass is 32.2. The van der Waals surface area contributed by atoms with Crippen molar-refractivity contribution in [1.29, 1.82) is 0 Å². The van der Waals surface area contributed by atoms with E-state index in [1.165, 1.54) is 0 Å². The van der Waals surface area contributed by atoms with Gasteiger partial charge in [-0.2, -0.15) is 0 Å². The van der Waals surface area contributed by atoms with Gasteiger partial charge in [0.15, 0.2) is 0 Å². The minimum atomic E-state index is -3.47. The fourth-order valence-electron chi connectivity index (χ4n) is 2.14. The highest BCUT2D eigenvalue weighted by Crippen LogP contribution is 2.37. The van der Waals surface area contributed by atoms with Gasteiger partial charge in [-0.25, -0.2) is 8.42 Å². The summed E-state index contributed by atoms with van der Waals surface area (Å²) in [6.45, 7) is 1.98. The van der Waals surface area contributed by atoms with Crippen molar-refractivity contribution in [2.24, 2.45) is 11.1 Å². The molecule has 1 saturated carbocycles. The first-order chi connectivity index (χ1) is 7.46. The molecule has 94 valence electrons. The number of sulfonamides is 1. The van der Waals surface area contributed by atoms with Gasteiger partial charge in [-0.05, 0) is 19.3 Å². The number of hydrogen-bond acceptors (Lipinski definition) is 4. The molecule has 5 nitrogen and oxygen atoms in total. The van der Waals surface area contributed by atoms with E-state index in [2.05, 4.69) is 4.72 Å². The zero-order valence-corrected chi connectivity index (χ0v) is 10.5. The van der Waals surface area contributed by atoms with Gasteiger partial charge in [-0.15, -0.1) is 0 Å². The number of nitrogens with one attached hydrogen (secondary N) is 1. The van der Waals surface area contributed by atoms with Crippen LogP contribution in [0.3, 0.4) is 0 Å². The van der Waals surface area contributed by atoms with Gasteiger partial charge in [-0.3, -0.25) is 9.52 Å². The molecule has 3 N–H and O–H groups in total. The molecule has 0 unspecified atom stereocenters. The van der Waals surface area contributed by atoms with E-state index in [9.17, 15) is 13.2 Å². The summed E-state index contributed by atoms with van der Waals surface area (Å²) in [7, 11) is -3.47. The van der Waals surface area contributed by atoms with Crippen LogP contribution >= 0.6 is 0 Å². The summed E-state index contributed by atoms with van der Waals surface area (Å²) in [5, 5.41) is 0. The van der Waals surface area contributed by atoms with Crippen LogP contribution < -0.4 is 10.5 Å². The molecule has 0 saturated heterocycles. The number of carbonyl (C=O) groups excluding carboxylic acids is 1. The van der Waals surface area contributed by atoms with Crippen molar-refractivity contribution in [3.8, 4) is 0 Å². The standard InChI is InChI=1S/C10H20N2O3S/c1-2-7-16(14,15)12-9(13)10(8-11)5-3-4-6-10/h2-8,11H2,1H3,(H,12,13). The van der Waals surface area contributed by atoms with Crippen LogP contribution in [0.4, 0.5) is 0 Å². The van der Waals surface area contributed by atoms with Gasteiger partial charge in [-0.1, -0.05) is 19.8 Å². The third-order valence-corrected chi connectivity index (χ3v) is 4.60. The Bertz CT molecular complexity index is 345. The maximum Gasteiger partial charge on any atom is 0.240 e. The van der Waals surface area contributed by atoms with Crippen molar-refractivity contribution >= 4 is 15.9 Å². The van der Waals surface area contributed by atoms with E-state index in [1.54, 1.807) is 6.92 Å². The highest BCUT2D eigenvalue weighted by Gasteiger charge is 2.41. The van der Waals surface area contributed by atoms with Crippen molar-refractivity contribution in [3.05, 3.63) is 0 Å². The largest absolute Gasteiger partial charge is 0.329 e. The van der Waals surface area contributed by atoms with Crippen LogP contribution in [0.5, 0.6) is 0 Å². The summed E-state index contributed by atoms with van der Waals surface area (Å²) in [5.41, 5.74) is 4.95. The van der Waals surface area contributed by atoms with Crippen molar-refractivity contribution in [1.82, 2.24) is 4.72 Å². The van der Waals surface area contributed by atoms with E-state index in [-0.39, 0.29) is 12.3 Å². The lowest BCUT2D eigenvalue weighted by atomic mass is 9.86. The Kier molecular flexibility index (Phi) is 4.32. The van der Waals surface area contributed by atoms with Crippen molar-refractivity contribution in [2.75, 3.05) is 12.3 Å². The normalized spacial score (nSPS) is 19.6. The van der Waals surface area contributed by atoms with Gasteiger partial charge in [0.05, 0.1) is 11.2 Å². The smallest absolute Gasteiger partial charge is 0.240 e. The predicted octanol–water partition coefficient (Wildman–Crippen LogP) is 0.361. The number of carbonyl (C=O) groups is 1. The molecule has 0 atom stereocenters. The first kappa shape index (κ1) is 13.4. The summed E-state index contributed by atoms with van der Waals surface area (Å²) in [5.74, 6) is -0.430. The Morgan fingerprint density at radius 3 is 2.38 bits per heavy atom. The predicted molar refractivity (Wildman–Crippen MR) is 62.2 cm³/mol. The Hall–Kier alpha value is -0.620. The van der Waals surface area contributed by atoms with Crippen LogP contribution in [-0.4, -0.2) is 26.6 Å². The first-order valence-corrected chi connectivity index (χ1v) is 7.36.